The maximum Gasteiger partial charge on any atom is 0.306 e. The first kappa shape index (κ1) is 59.1. The first-order valence-corrected chi connectivity index (χ1v) is 24.5. The summed E-state index contributed by atoms with van der Waals surface area (Å²) in [6.07, 6.45) is 26.5. The summed E-state index contributed by atoms with van der Waals surface area (Å²) in [5.74, 6) is -0.998. The van der Waals surface area contributed by atoms with Crippen LogP contribution in [-0.2, 0) is 38.0 Å². The Labute approximate surface area is 393 Å². The van der Waals surface area contributed by atoms with E-state index in [-0.39, 0.29) is 19.4 Å². The number of aliphatic hydroxyl groups is 7. The van der Waals surface area contributed by atoms with E-state index in [1.165, 1.54) is 19.3 Å². The molecule has 0 aliphatic carbocycles. The summed E-state index contributed by atoms with van der Waals surface area (Å²) in [6.45, 7) is 2.36. The number of ether oxygens (including phenoxy) is 6. The highest BCUT2D eigenvalue weighted by molar-refractivity contribution is 5.70. The zero-order chi connectivity index (χ0) is 48.2. The standard InChI is InChI=1S/C51H84O15/c1-3-5-7-9-11-13-15-17-19-21-23-25-27-29-31-33-42(53)61-36-39(64-43(54)34-32-30-28-26-24-22-20-18-16-14-12-10-8-6-4-2)37-62-50-49(60)47(58)45(56)41(66-50)38-63-51-48(59)46(57)44(55)40(35-52)65-51/h5,7,11-14,17-20,24,26,39-41,44-52,55-60H,3-4,6,8-10,15-16,21-23,25,27-38H2,1-2H3/b7-5+,13-11+,14-12+,19-17+,20-18+,26-24+/t39-,40-,41-,44+,45+,46?,47?,48?,49?,50-,51-/m1/s1. The van der Waals surface area contributed by atoms with E-state index in [0.29, 0.717) is 12.8 Å². The van der Waals surface area contributed by atoms with Crippen molar-refractivity contribution in [3.05, 3.63) is 72.9 Å². The Morgan fingerprint density at radius 2 is 0.955 bits per heavy atom. The minimum atomic E-state index is -1.78. The van der Waals surface area contributed by atoms with Gasteiger partial charge in [0.2, 0.25) is 0 Å². The van der Waals surface area contributed by atoms with Crippen molar-refractivity contribution in [2.75, 3.05) is 26.4 Å². The van der Waals surface area contributed by atoms with Gasteiger partial charge < -0.3 is 64.2 Å². The molecule has 11 atom stereocenters. The molecular weight excluding hydrogens is 853 g/mol. The Morgan fingerprint density at radius 1 is 0.500 bits per heavy atom. The third kappa shape index (κ3) is 25.9. The first-order valence-electron chi connectivity index (χ1n) is 24.5. The molecule has 15 heteroatoms. The molecule has 0 spiro atoms. The van der Waals surface area contributed by atoms with Crippen LogP contribution in [0.2, 0.25) is 0 Å². The predicted octanol–water partition coefficient (Wildman–Crippen LogP) is 6.26. The molecule has 0 bridgehead atoms. The van der Waals surface area contributed by atoms with E-state index in [1.807, 2.05) is 0 Å². The molecule has 378 valence electrons. The Bertz CT molecular complexity index is 1430. The van der Waals surface area contributed by atoms with Crippen molar-refractivity contribution in [1.29, 1.82) is 0 Å². The summed E-state index contributed by atoms with van der Waals surface area (Å²) in [7, 11) is 0. The molecule has 0 radical (unpaired) electrons. The molecule has 15 nitrogen and oxygen atoms in total. The maximum absolute atomic E-state index is 13.0. The van der Waals surface area contributed by atoms with Crippen LogP contribution in [0, 0.1) is 0 Å². The van der Waals surface area contributed by atoms with Crippen LogP contribution in [0.3, 0.4) is 0 Å². The summed E-state index contributed by atoms with van der Waals surface area (Å²) in [4.78, 5) is 25.7. The minimum absolute atomic E-state index is 0.109. The van der Waals surface area contributed by atoms with Crippen LogP contribution in [0.5, 0.6) is 0 Å². The number of hydrogen-bond donors (Lipinski definition) is 7. The van der Waals surface area contributed by atoms with Gasteiger partial charge in [-0.2, -0.15) is 0 Å². The fourth-order valence-corrected chi connectivity index (χ4v) is 7.12. The number of carbonyl (C=O) groups is 2. The van der Waals surface area contributed by atoms with Gasteiger partial charge in [-0.05, 0) is 83.5 Å². The van der Waals surface area contributed by atoms with Crippen molar-refractivity contribution in [3.63, 3.8) is 0 Å². The molecule has 2 saturated heterocycles. The van der Waals surface area contributed by atoms with Crippen molar-refractivity contribution in [1.82, 2.24) is 0 Å². The Morgan fingerprint density at radius 3 is 1.53 bits per heavy atom. The summed E-state index contributed by atoms with van der Waals surface area (Å²) in [6, 6.07) is 0. The highest BCUT2D eigenvalue weighted by Crippen LogP contribution is 2.26. The van der Waals surface area contributed by atoms with E-state index in [9.17, 15) is 45.3 Å². The molecule has 66 heavy (non-hydrogen) atoms. The number of rotatable bonds is 36. The van der Waals surface area contributed by atoms with Gasteiger partial charge in [-0.3, -0.25) is 9.59 Å². The molecular formula is C51H84O15. The van der Waals surface area contributed by atoms with Crippen LogP contribution < -0.4 is 0 Å². The SMILES string of the molecule is CC/C=C/C/C=C/C/C=C/CCCCCCCC(=O)OC[C@H](CO[C@@H]1O[C@H](CO[C@@H]2O[C@H](CO)[C@H](O)C(O)C2O)[C@H](O)C(O)C1O)OC(=O)CCCC/C=C/C/C=C/C/C=C/CCCCC. The van der Waals surface area contributed by atoms with Crippen molar-refractivity contribution < 1.29 is 73.8 Å². The van der Waals surface area contributed by atoms with Gasteiger partial charge in [-0.15, -0.1) is 0 Å². The quantitative estimate of drug-likeness (QED) is 0.0209. The van der Waals surface area contributed by atoms with Crippen LogP contribution in [0.4, 0.5) is 0 Å². The first-order chi connectivity index (χ1) is 32.0. The van der Waals surface area contributed by atoms with E-state index in [1.54, 1.807) is 0 Å². The minimum Gasteiger partial charge on any atom is -0.462 e. The number of hydrogen-bond acceptors (Lipinski definition) is 15. The monoisotopic (exact) mass is 937 g/mol. The molecule has 2 fully saturated rings. The summed E-state index contributed by atoms with van der Waals surface area (Å²) in [5.41, 5.74) is 0. The van der Waals surface area contributed by atoms with E-state index in [0.717, 1.165) is 83.5 Å². The average molecular weight is 937 g/mol. The van der Waals surface area contributed by atoms with Crippen LogP contribution in [0.15, 0.2) is 72.9 Å². The van der Waals surface area contributed by atoms with E-state index >= 15 is 0 Å². The lowest BCUT2D eigenvalue weighted by Crippen LogP contribution is -2.61. The number of carbonyl (C=O) groups excluding carboxylic acids is 2. The molecule has 0 aromatic carbocycles. The van der Waals surface area contributed by atoms with Crippen LogP contribution in [0.25, 0.3) is 0 Å². The van der Waals surface area contributed by atoms with Gasteiger partial charge >= 0.3 is 11.9 Å². The molecule has 0 aromatic rings. The topological polar surface area (TPSA) is 231 Å². The molecule has 2 rings (SSSR count). The van der Waals surface area contributed by atoms with Gasteiger partial charge in [0, 0.05) is 12.8 Å². The lowest BCUT2D eigenvalue weighted by Gasteiger charge is -2.42. The van der Waals surface area contributed by atoms with Gasteiger partial charge in [0.1, 0.15) is 55.4 Å². The third-order valence-corrected chi connectivity index (χ3v) is 11.2. The smallest absolute Gasteiger partial charge is 0.306 e. The summed E-state index contributed by atoms with van der Waals surface area (Å²) in [5, 5.41) is 72.0. The lowest BCUT2D eigenvalue weighted by atomic mass is 9.98. The predicted molar refractivity (Wildman–Crippen MR) is 252 cm³/mol. The second-order valence-electron chi connectivity index (χ2n) is 16.9. The third-order valence-electron chi connectivity index (χ3n) is 11.2. The molecule has 0 aromatic heterocycles. The molecule has 0 saturated carbocycles. The fraction of sp³-hybridized carbons (Fsp3) is 0.725. The van der Waals surface area contributed by atoms with E-state index < -0.39 is 99.3 Å². The van der Waals surface area contributed by atoms with E-state index in [2.05, 4.69) is 86.8 Å². The average Bonchev–Trinajstić information content (AvgIpc) is 3.31. The van der Waals surface area contributed by atoms with Crippen LogP contribution in [0.1, 0.15) is 142 Å². The largest absolute Gasteiger partial charge is 0.462 e. The Balaban J connectivity index is 1.86. The number of unbranched alkanes of at least 4 members (excludes halogenated alkanes) is 10. The zero-order valence-electron chi connectivity index (χ0n) is 39.6. The van der Waals surface area contributed by atoms with Crippen molar-refractivity contribution in [3.8, 4) is 0 Å². The van der Waals surface area contributed by atoms with Crippen LogP contribution in [-0.4, -0.2) is 142 Å². The number of esters is 2. The van der Waals surface area contributed by atoms with E-state index in [4.69, 9.17) is 28.4 Å². The van der Waals surface area contributed by atoms with Gasteiger partial charge in [0.15, 0.2) is 18.7 Å². The fourth-order valence-electron chi connectivity index (χ4n) is 7.12. The normalized spacial score (nSPS) is 26.8. The number of allylic oxidation sites excluding steroid dienone is 12. The maximum atomic E-state index is 13.0. The highest BCUT2D eigenvalue weighted by Gasteiger charge is 2.47. The number of aliphatic hydroxyl groups excluding tert-OH is 7. The van der Waals surface area contributed by atoms with Gasteiger partial charge in [0.05, 0.1) is 19.8 Å². The Hall–Kier alpha value is -3.06. The summed E-state index contributed by atoms with van der Waals surface area (Å²) < 4.78 is 33.5. The van der Waals surface area contributed by atoms with Crippen LogP contribution >= 0.6 is 0 Å². The molecule has 2 aliphatic heterocycles. The zero-order valence-corrected chi connectivity index (χ0v) is 39.6. The van der Waals surface area contributed by atoms with Crippen molar-refractivity contribution >= 4 is 11.9 Å². The van der Waals surface area contributed by atoms with Crippen molar-refractivity contribution in [2.45, 2.75) is 210 Å². The second kappa shape index (κ2) is 37.9. The molecule has 7 N–H and O–H groups in total. The molecule has 4 unspecified atom stereocenters. The van der Waals surface area contributed by atoms with Gasteiger partial charge in [-0.25, -0.2) is 0 Å². The highest BCUT2D eigenvalue weighted by atomic mass is 16.7. The summed E-state index contributed by atoms with van der Waals surface area (Å²) >= 11 is 0. The lowest BCUT2D eigenvalue weighted by molar-refractivity contribution is -0.332. The van der Waals surface area contributed by atoms with Gasteiger partial charge in [-0.1, -0.05) is 119 Å². The molecule has 0 amide bonds. The van der Waals surface area contributed by atoms with Crippen molar-refractivity contribution in [2.24, 2.45) is 0 Å². The Kier molecular flexibility index (Phi) is 33.9. The molecule has 2 aliphatic rings. The second-order valence-corrected chi connectivity index (χ2v) is 16.9. The van der Waals surface area contributed by atoms with Gasteiger partial charge in [0.25, 0.3) is 0 Å². The molecule has 2 heterocycles.